The Bertz CT molecular complexity index is 2510. The molecule has 0 fully saturated rings. The van der Waals surface area contributed by atoms with Gasteiger partial charge >= 0.3 is 0 Å². The Morgan fingerprint density at radius 2 is 0.975 bits per heavy atom. The number of anilines is 3. The van der Waals surface area contributed by atoms with Gasteiger partial charge in [-0.15, -0.1) is 0 Å². The Balaban J connectivity index is 1.38. The van der Waals surface area contributed by atoms with E-state index in [9.17, 15) is 0 Å². The SMILES string of the molecule is c1ccc2c(c1)N(c1cccc3c1oc1ccccc13)c1cccc3c4c5oc6ccccc6c5ccc4n-2c13. The molecule has 4 nitrogen and oxygen atoms in total. The molecule has 0 spiro atoms. The predicted molar refractivity (Wildman–Crippen MR) is 164 cm³/mol. The van der Waals surface area contributed by atoms with Crippen molar-refractivity contribution < 1.29 is 8.83 Å². The van der Waals surface area contributed by atoms with Crippen molar-refractivity contribution in [3.05, 3.63) is 121 Å². The molecule has 0 radical (unpaired) electrons. The summed E-state index contributed by atoms with van der Waals surface area (Å²) in [4.78, 5) is 2.36. The molecule has 0 atom stereocenters. The summed E-state index contributed by atoms with van der Waals surface area (Å²) < 4.78 is 15.5. The zero-order valence-electron chi connectivity index (χ0n) is 21.3. The summed E-state index contributed by atoms with van der Waals surface area (Å²) in [7, 11) is 0. The van der Waals surface area contributed by atoms with Crippen LogP contribution in [0.1, 0.15) is 0 Å². The van der Waals surface area contributed by atoms with Gasteiger partial charge in [-0.05, 0) is 48.5 Å². The van der Waals surface area contributed by atoms with Crippen molar-refractivity contribution in [1.82, 2.24) is 4.57 Å². The first-order valence-corrected chi connectivity index (χ1v) is 13.5. The molecule has 40 heavy (non-hydrogen) atoms. The number of para-hydroxylation sites is 6. The molecule has 0 N–H and O–H groups in total. The number of aromatic nitrogens is 1. The lowest BCUT2D eigenvalue weighted by Gasteiger charge is -2.33. The van der Waals surface area contributed by atoms with Gasteiger partial charge in [0.25, 0.3) is 0 Å². The standard InChI is InChI=1S/C36H20N2O2/c1-5-17-31-21(9-1)23-11-7-16-30(35(23)39-31)37-26-13-3-4-14-27(26)38-28-20-19-24-22-10-2-6-18-32(22)40-36(24)33(28)25-12-8-15-29(37)34(25)38/h1-20H. The second kappa shape index (κ2) is 7.13. The van der Waals surface area contributed by atoms with Crippen LogP contribution in [0.2, 0.25) is 0 Å². The molecular weight excluding hydrogens is 492 g/mol. The van der Waals surface area contributed by atoms with Crippen LogP contribution in [0, 0.1) is 0 Å². The predicted octanol–water partition coefficient (Wildman–Crippen LogP) is 10.4. The Labute approximate surface area is 227 Å². The lowest BCUT2D eigenvalue weighted by molar-refractivity contribution is 0.669. The smallest absolute Gasteiger partial charge is 0.159 e. The first-order valence-electron chi connectivity index (χ1n) is 13.5. The number of benzene rings is 6. The summed E-state index contributed by atoms with van der Waals surface area (Å²) in [5.74, 6) is 0. The third-order valence-electron chi connectivity index (χ3n) is 8.50. The van der Waals surface area contributed by atoms with Crippen LogP contribution in [0.5, 0.6) is 0 Å². The molecule has 186 valence electrons. The zero-order valence-corrected chi connectivity index (χ0v) is 21.3. The van der Waals surface area contributed by atoms with E-state index in [0.29, 0.717) is 0 Å². The van der Waals surface area contributed by atoms with E-state index in [2.05, 4.69) is 113 Å². The molecule has 1 aliphatic rings. The number of fused-ring (bicyclic) bond motifs is 12. The lowest BCUT2D eigenvalue weighted by Crippen LogP contribution is -2.18. The second-order valence-corrected chi connectivity index (χ2v) is 10.5. The summed E-state index contributed by atoms with van der Waals surface area (Å²) in [6.45, 7) is 0. The molecule has 3 aromatic heterocycles. The van der Waals surface area contributed by atoms with Crippen molar-refractivity contribution in [1.29, 1.82) is 0 Å². The van der Waals surface area contributed by atoms with Gasteiger partial charge in [-0.2, -0.15) is 0 Å². The Hall–Kier alpha value is -5.48. The Morgan fingerprint density at radius 3 is 1.77 bits per heavy atom. The van der Waals surface area contributed by atoms with Crippen molar-refractivity contribution in [2.24, 2.45) is 0 Å². The molecular formula is C36H20N2O2. The number of nitrogens with zero attached hydrogens (tertiary/aromatic N) is 2. The molecule has 0 unspecified atom stereocenters. The largest absolute Gasteiger partial charge is 0.455 e. The molecule has 0 saturated carbocycles. The fraction of sp³-hybridized carbons (Fsp3) is 0. The molecule has 0 amide bonds. The number of hydrogen-bond donors (Lipinski definition) is 0. The summed E-state index contributed by atoms with van der Waals surface area (Å²) in [5, 5.41) is 6.85. The third kappa shape index (κ3) is 2.38. The molecule has 6 aromatic carbocycles. The van der Waals surface area contributed by atoms with Gasteiger partial charge in [-0.1, -0.05) is 72.8 Å². The van der Waals surface area contributed by atoms with Crippen LogP contribution in [-0.2, 0) is 0 Å². The summed E-state index contributed by atoms with van der Waals surface area (Å²) in [6.07, 6.45) is 0. The monoisotopic (exact) mass is 512 g/mol. The molecule has 0 bridgehead atoms. The van der Waals surface area contributed by atoms with Crippen molar-refractivity contribution in [3.63, 3.8) is 0 Å². The van der Waals surface area contributed by atoms with Gasteiger partial charge < -0.3 is 18.3 Å². The van der Waals surface area contributed by atoms with Gasteiger partial charge in [0.05, 0.1) is 39.2 Å². The van der Waals surface area contributed by atoms with Gasteiger partial charge in [0, 0.05) is 26.9 Å². The van der Waals surface area contributed by atoms with E-state index in [0.717, 1.165) is 83.0 Å². The summed E-state index contributed by atoms with van der Waals surface area (Å²) >= 11 is 0. The quantitative estimate of drug-likeness (QED) is 0.219. The van der Waals surface area contributed by atoms with Gasteiger partial charge in [0.1, 0.15) is 16.7 Å². The first kappa shape index (κ1) is 20.5. The van der Waals surface area contributed by atoms with Crippen LogP contribution in [0.25, 0.3) is 71.4 Å². The highest BCUT2D eigenvalue weighted by Crippen LogP contribution is 2.52. The van der Waals surface area contributed by atoms with E-state index in [1.807, 2.05) is 18.2 Å². The average molecular weight is 513 g/mol. The van der Waals surface area contributed by atoms with Crippen molar-refractivity contribution in [2.75, 3.05) is 4.90 Å². The van der Waals surface area contributed by atoms with Crippen LogP contribution in [0.15, 0.2) is 130 Å². The first-order chi connectivity index (χ1) is 19.9. The number of hydrogen-bond acceptors (Lipinski definition) is 3. The van der Waals surface area contributed by atoms with E-state index in [4.69, 9.17) is 8.83 Å². The van der Waals surface area contributed by atoms with Crippen LogP contribution in [-0.4, -0.2) is 4.57 Å². The average Bonchev–Trinajstić information content (AvgIpc) is 3.68. The molecule has 1 aliphatic heterocycles. The molecule has 0 saturated heterocycles. The zero-order chi connectivity index (χ0) is 25.9. The fourth-order valence-electron chi connectivity index (χ4n) is 6.88. The molecule has 4 heteroatoms. The minimum absolute atomic E-state index is 0.889. The normalized spacial score (nSPS) is 12.9. The van der Waals surface area contributed by atoms with E-state index in [-0.39, 0.29) is 0 Å². The van der Waals surface area contributed by atoms with Gasteiger partial charge in [0.15, 0.2) is 5.58 Å². The van der Waals surface area contributed by atoms with E-state index in [1.165, 1.54) is 5.39 Å². The van der Waals surface area contributed by atoms with Gasteiger partial charge in [-0.25, -0.2) is 0 Å². The Morgan fingerprint density at radius 1 is 0.400 bits per heavy atom. The van der Waals surface area contributed by atoms with Crippen molar-refractivity contribution in [2.45, 2.75) is 0 Å². The van der Waals surface area contributed by atoms with Gasteiger partial charge in [0.2, 0.25) is 0 Å². The van der Waals surface area contributed by atoms with Crippen LogP contribution >= 0.6 is 0 Å². The van der Waals surface area contributed by atoms with E-state index >= 15 is 0 Å². The van der Waals surface area contributed by atoms with Crippen molar-refractivity contribution in [3.8, 4) is 5.69 Å². The van der Waals surface area contributed by atoms with Crippen molar-refractivity contribution >= 4 is 82.7 Å². The minimum atomic E-state index is 0.889. The second-order valence-electron chi connectivity index (χ2n) is 10.5. The summed E-state index contributed by atoms with van der Waals surface area (Å²) in [5.41, 5.74) is 10.3. The highest BCUT2D eigenvalue weighted by molar-refractivity contribution is 6.27. The van der Waals surface area contributed by atoms with E-state index in [1.54, 1.807) is 0 Å². The highest BCUT2D eigenvalue weighted by atomic mass is 16.3. The Kier molecular flexibility index (Phi) is 3.65. The topological polar surface area (TPSA) is 34.5 Å². The van der Waals surface area contributed by atoms with Crippen LogP contribution in [0.4, 0.5) is 17.1 Å². The molecule has 0 aliphatic carbocycles. The highest BCUT2D eigenvalue weighted by Gasteiger charge is 2.31. The van der Waals surface area contributed by atoms with Gasteiger partial charge in [-0.3, -0.25) is 0 Å². The number of rotatable bonds is 1. The maximum atomic E-state index is 6.54. The number of furan rings is 2. The van der Waals surface area contributed by atoms with Crippen LogP contribution in [0.3, 0.4) is 0 Å². The minimum Gasteiger partial charge on any atom is -0.455 e. The molecule has 10 rings (SSSR count). The lowest BCUT2D eigenvalue weighted by atomic mass is 10.1. The molecule has 4 heterocycles. The summed E-state index contributed by atoms with van der Waals surface area (Å²) in [6, 6.07) is 42.7. The third-order valence-corrected chi connectivity index (χ3v) is 8.50. The maximum Gasteiger partial charge on any atom is 0.159 e. The fourth-order valence-corrected chi connectivity index (χ4v) is 6.88. The van der Waals surface area contributed by atoms with Crippen LogP contribution < -0.4 is 4.90 Å². The maximum absolute atomic E-state index is 6.54. The van der Waals surface area contributed by atoms with E-state index < -0.39 is 0 Å². The molecule has 9 aromatic rings.